The second kappa shape index (κ2) is 3.43. The number of aryl methyl sites for hydroxylation is 1. The SMILES string of the molecule is Cc1cccc2c(Br)c(C(C)C)[nH]c12. The van der Waals surface area contributed by atoms with Gasteiger partial charge in [-0.3, -0.25) is 0 Å². The van der Waals surface area contributed by atoms with Crippen molar-refractivity contribution < 1.29 is 0 Å². The first-order valence-electron chi connectivity index (χ1n) is 4.88. The van der Waals surface area contributed by atoms with Gasteiger partial charge in [-0.25, -0.2) is 0 Å². The molecule has 2 heteroatoms. The Labute approximate surface area is 92.6 Å². The van der Waals surface area contributed by atoms with E-state index in [1.807, 2.05) is 0 Å². The number of para-hydroxylation sites is 1. The number of aromatic amines is 1. The molecule has 0 saturated heterocycles. The molecule has 0 fully saturated rings. The lowest BCUT2D eigenvalue weighted by molar-refractivity contribution is 0.831. The van der Waals surface area contributed by atoms with Gasteiger partial charge in [0, 0.05) is 21.1 Å². The summed E-state index contributed by atoms with van der Waals surface area (Å²) >= 11 is 3.66. The number of aromatic nitrogens is 1. The number of hydrogen-bond acceptors (Lipinski definition) is 0. The highest BCUT2D eigenvalue weighted by atomic mass is 79.9. The van der Waals surface area contributed by atoms with Crippen LogP contribution >= 0.6 is 15.9 Å². The van der Waals surface area contributed by atoms with E-state index in [4.69, 9.17) is 0 Å². The molecule has 1 aromatic carbocycles. The Bertz CT molecular complexity index is 468. The largest absolute Gasteiger partial charge is 0.357 e. The van der Waals surface area contributed by atoms with Gasteiger partial charge in [0.1, 0.15) is 0 Å². The van der Waals surface area contributed by atoms with E-state index in [2.05, 4.69) is 59.9 Å². The number of halogens is 1. The van der Waals surface area contributed by atoms with Crippen LogP contribution in [-0.2, 0) is 0 Å². The van der Waals surface area contributed by atoms with Gasteiger partial charge in [0.2, 0.25) is 0 Å². The van der Waals surface area contributed by atoms with Crippen LogP contribution in [0, 0.1) is 6.92 Å². The van der Waals surface area contributed by atoms with Crippen LogP contribution in [0.3, 0.4) is 0 Å². The first-order chi connectivity index (χ1) is 6.61. The molecule has 74 valence electrons. The number of hydrogen-bond donors (Lipinski definition) is 1. The van der Waals surface area contributed by atoms with Crippen LogP contribution in [0.15, 0.2) is 22.7 Å². The zero-order valence-electron chi connectivity index (χ0n) is 8.69. The summed E-state index contributed by atoms with van der Waals surface area (Å²) in [4.78, 5) is 3.48. The minimum absolute atomic E-state index is 0.524. The lowest BCUT2D eigenvalue weighted by Gasteiger charge is -2.01. The van der Waals surface area contributed by atoms with Gasteiger partial charge in [0.15, 0.2) is 0 Å². The maximum Gasteiger partial charge on any atom is 0.0497 e. The zero-order chi connectivity index (χ0) is 10.3. The van der Waals surface area contributed by atoms with E-state index in [1.54, 1.807) is 0 Å². The molecule has 0 bridgehead atoms. The summed E-state index contributed by atoms with van der Waals surface area (Å²) in [7, 11) is 0. The maximum absolute atomic E-state index is 3.66. The molecule has 0 aliphatic carbocycles. The van der Waals surface area contributed by atoms with E-state index in [0.29, 0.717) is 5.92 Å². The Balaban J connectivity index is 2.80. The molecule has 0 aliphatic heterocycles. The van der Waals surface area contributed by atoms with Gasteiger partial charge >= 0.3 is 0 Å². The Morgan fingerprint density at radius 1 is 1.29 bits per heavy atom. The van der Waals surface area contributed by atoms with Crippen molar-refractivity contribution in [2.75, 3.05) is 0 Å². The van der Waals surface area contributed by atoms with E-state index in [1.165, 1.54) is 26.6 Å². The van der Waals surface area contributed by atoms with Crippen molar-refractivity contribution in [1.29, 1.82) is 0 Å². The maximum atomic E-state index is 3.66. The van der Waals surface area contributed by atoms with Crippen LogP contribution in [0.1, 0.15) is 31.0 Å². The predicted octanol–water partition coefficient (Wildman–Crippen LogP) is 4.36. The van der Waals surface area contributed by atoms with E-state index in [9.17, 15) is 0 Å². The molecule has 0 unspecified atom stereocenters. The second-order valence-corrected chi connectivity index (χ2v) is 4.80. The molecular weight excluding hydrogens is 238 g/mol. The molecule has 2 rings (SSSR count). The third kappa shape index (κ3) is 1.38. The van der Waals surface area contributed by atoms with Crippen molar-refractivity contribution >= 4 is 26.8 Å². The molecule has 0 aliphatic rings. The fourth-order valence-electron chi connectivity index (χ4n) is 1.75. The lowest BCUT2D eigenvalue weighted by Crippen LogP contribution is -1.87. The average molecular weight is 252 g/mol. The molecule has 0 spiro atoms. The van der Waals surface area contributed by atoms with Gasteiger partial charge in [-0.1, -0.05) is 32.0 Å². The summed E-state index contributed by atoms with van der Waals surface area (Å²) in [5.41, 5.74) is 3.84. The molecule has 0 amide bonds. The Kier molecular flexibility index (Phi) is 2.40. The van der Waals surface area contributed by atoms with Crippen LogP contribution in [-0.4, -0.2) is 4.98 Å². The van der Waals surface area contributed by atoms with E-state index >= 15 is 0 Å². The standard InChI is InChI=1S/C12H14BrN/c1-7(2)11-10(13)9-6-4-5-8(3)12(9)14-11/h4-7,14H,1-3H3. The number of fused-ring (bicyclic) bond motifs is 1. The van der Waals surface area contributed by atoms with Crippen molar-refractivity contribution in [3.05, 3.63) is 33.9 Å². The summed E-state index contributed by atoms with van der Waals surface area (Å²) in [5, 5.41) is 1.29. The third-order valence-electron chi connectivity index (χ3n) is 2.58. The van der Waals surface area contributed by atoms with E-state index < -0.39 is 0 Å². The molecular formula is C12H14BrN. The molecule has 14 heavy (non-hydrogen) atoms. The zero-order valence-corrected chi connectivity index (χ0v) is 10.3. The van der Waals surface area contributed by atoms with Gasteiger partial charge in [-0.05, 0) is 34.3 Å². The van der Waals surface area contributed by atoms with Crippen molar-refractivity contribution in [2.24, 2.45) is 0 Å². The summed E-state index contributed by atoms with van der Waals surface area (Å²) in [6.07, 6.45) is 0. The summed E-state index contributed by atoms with van der Waals surface area (Å²) in [6.45, 7) is 6.53. The highest BCUT2D eigenvalue weighted by molar-refractivity contribution is 9.10. The van der Waals surface area contributed by atoms with Gasteiger partial charge in [-0.15, -0.1) is 0 Å². The highest BCUT2D eigenvalue weighted by Gasteiger charge is 2.12. The first-order valence-corrected chi connectivity index (χ1v) is 5.67. The quantitative estimate of drug-likeness (QED) is 0.776. The second-order valence-electron chi connectivity index (χ2n) is 4.00. The molecule has 0 atom stereocenters. The van der Waals surface area contributed by atoms with Crippen LogP contribution in [0.2, 0.25) is 0 Å². The van der Waals surface area contributed by atoms with Crippen LogP contribution in [0.4, 0.5) is 0 Å². The Morgan fingerprint density at radius 3 is 2.57 bits per heavy atom. The van der Waals surface area contributed by atoms with Gasteiger partial charge in [0.25, 0.3) is 0 Å². The minimum atomic E-state index is 0.524. The fraction of sp³-hybridized carbons (Fsp3) is 0.333. The number of benzene rings is 1. The van der Waals surface area contributed by atoms with Crippen LogP contribution in [0.25, 0.3) is 10.9 Å². The van der Waals surface area contributed by atoms with Crippen LogP contribution < -0.4 is 0 Å². The number of nitrogens with one attached hydrogen (secondary N) is 1. The third-order valence-corrected chi connectivity index (χ3v) is 3.44. The topological polar surface area (TPSA) is 15.8 Å². The minimum Gasteiger partial charge on any atom is -0.357 e. The van der Waals surface area contributed by atoms with Crippen LogP contribution in [0.5, 0.6) is 0 Å². The normalized spacial score (nSPS) is 11.5. The molecule has 1 aromatic heterocycles. The smallest absolute Gasteiger partial charge is 0.0497 e. The lowest BCUT2D eigenvalue weighted by atomic mass is 10.1. The predicted molar refractivity (Wildman–Crippen MR) is 64.8 cm³/mol. The van der Waals surface area contributed by atoms with Crippen molar-refractivity contribution in [1.82, 2.24) is 4.98 Å². The summed E-state index contributed by atoms with van der Waals surface area (Å²) in [5.74, 6) is 0.524. The summed E-state index contributed by atoms with van der Waals surface area (Å²) < 4.78 is 1.21. The van der Waals surface area contributed by atoms with E-state index in [-0.39, 0.29) is 0 Å². The fourth-order valence-corrected chi connectivity index (χ4v) is 2.64. The molecule has 0 saturated carbocycles. The molecule has 1 nitrogen and oxygen atoms in total. The monoisotopic (exact) mass is 251 g/mol. The van der Waals surface area contributed by atoms with Crippen molar-refractivity contribution in [2.45, 2.75) is 26.7 Å². The Hall–Kier alpha value is -0.760. The molecule has 1 heterocycles. The Morgan fingerprint density at radius 2 is 2.00 bits per heavy atom. The molecule has 2 aromatic rings. The van der Waals surface area contributed by atoms with Gasteiger partial charge < -0.3 is 4.98 Å². The van der Waals surface area contributed by atoms with Crippen molar-refractivity contribution in [3.63, 3.8) is 0 Å². The molecule has 1 N–H and O–H groups in total. The summed E-state index contributed by atoms with van der Waals surface area (Å²) in [6, 6.07) is 6.38. The number of H-pyrrole nitrogens is 1. The molecule has 0 radical (unpaired) electrons. The first kappa shape index (κ1) is 9.78. The van der Waals surface area contributed by atoms with Gasteiger partial charge in [-0.2, -0.15) is 0 Å². The average Bonchev–Trinajstić information content (AvgIpc) is 2.46. The van der Waals surface area contributed by atoms with Gasteiger partial charge in [0.05, 0.1) is 0 Å². The van der Waals surface area contributed by atoms with Crippen molar-refractivity contribution in [3.8, 4) is 0 Å². The van der Waals surface area contributed by atoms with E-state index in [0.717, 1.165) is 0 Å². The number of rotatable bonds is 1. The highest BCUT2D eigenvalue weighted by Crippen LogP contribution is 2.33.